The number of pyridine rings is 1. The lowest BCUT2D eigenvalue weighted by Crippen LogP contribution is -2.20. The first-order valence-electron chi connectivity index (χ1n) is 9.84. The van der Waals surface area contributed by atoms with E-state index in [-0.39, 0.29) is 11.7 Å². The Hall–Kier alpha value is -3.20. The molecule has 0 bridgehead atoms. The van der Waals surface area contributed by atoms with Crippen molar-refractivity contribution in [2.24, 2.45) is 5.10 Å². The molecule has 0 fully saturated rings. The fourth-order valence-electron chi connectivity index (χ4n) is 2.91. The lowest BCUT2D eigenvalue weighted by atomic mass is 10.2. The van der Waals surface area contributed by atoms with Gasteiger partial charge in [-0.3, -0.25) is 14.3 Å². The van der Waals surface area contributed by atoms with Gasteiger partial charge in [0.05, 0.1) is 22.0 Å². The molecule has 4 aromatic rings. The van der Waals surface area contributed by atoms with Crippen molar-refractivity contribution >= 4 is 47.1 Å². The van der Waals surface area contributed by atoms with E-state index >= 15 is 0 Å². The fraction of sp³-hybridized carbons (Fsp3) is 0.0870. The standard InChI is InChI=1S/C23H18Cl2N6OS/c1-15-2-5-18(6-3-15)31-22(17-8-10-26-11-9-17)29-30-23(31)33-14-21(32)28-27-13-16-4-7-19(24)20(25)12-16/h2-13H,14H2,1H3,(H,28,32)/b27-13-. The normalized spacial score (nSPS) is 11.1. The zero-order valence-electron chi connectivity index (χ0n) is 17.4. The van der Waals surface area contributed by atoms with Crippen molar-refractivity contribution in [3.05, 3.63) is 88.2 Å². The van der Waals surface area contributed by atoms with Gasteiger partial charge in [0.15, 0.2) is 11.0 Å². The van der Waals surface area contributed by atoms with Gasteiger partial charge < -0.3 is 0 Å². The first kappa shape index (κ1) is 23.0. The maximum absolute atomic E-state index is 12.3. The quantitative estimate of drug-likeness (QED) is 0.216. The van der Waals surface area contributed by atoms with E-state index in [2.05, 4.69) is 25.7 Å². The molecule has 0 saturated carbocycles. The maximum Gasteiger partial charge on any atom is 0.250 e. The second-order valence-electron chi connectivity index (χ2n) is 6.97. The lowest BCUT2D eigenvalue weighted by Gasteiger charge is -2.10. The summed E-state index contributed by atoms with van der Waals surface area (Å²) in [6.45, 7) is 2.03. The van der Waals surface area contributed by atoms with Crippen LogP contribution in [0.4, 0.5) is 0 Å². The summed E-state index contributed by atoms with van der Waals surface area (Å²) in [5, 5.41) is 14.1. The smallest absolute Gasteiger partial charge is 0.250 e. The molecule has 0 unspecified atom stereocenters. The molecular weight excluding hydrogens is 479 g/mol. The van der Waals surface area contributed by atoms with E-state index in [1.165, 1.54) is 18.0 Å². The van der Waals surface area contributed by atoms with Crippen LogP contribution in [-0.2, 0) is 4.79 Å². The number of thioether (sulfide) groups is 1. The molecule has 0 spiro atoms. The minimum Gasteiger partial charge on any atom is -0.272 e. The highest BCUT2D eigenvalue weighted by Gasteiger charge is 2.17. The zero-order chi connectivity index (χ0) is 23.2. The van der Waals surface area contributed by atoms with Gasteiger partial charge in [0.2, 0.25) is 0 Å². The summed E-state index contributed by atoms with van der Waals surface area (Å²) in [5.41, 5.74) is 6.15. The molecule has 0 aliphatic rings. The predicted molar refractivity (Wildman–Crippen MR) is 132 cm³/mol. The Bertz CT molecular complexity index is 1290. The van der Waals surface area contributed by atoms with Crippen molar-refractivity contribution in [2.45, 2.75) is 12.1 Å². The highest BCUT2D eigenvalue weighted by Crippen LogP contribution is 2.28. The number of hydrogen-bond acceptors (Lipinski definition) is 6. The van der Waals surface area contributed by atoms with Gasteiger partial charge in [-0.25, -0.2) is 5.43 Å². The largest absolute Gasteiger partial charge is 0.272 e. The molecule has 0 atom stereocenters. The predicted octanol–water partition coefficient (Wildman–Crippen LogP) is 5.19. The van der Waals surface area contributed by atoms with Gasteiger partial charge in [0.1, 0.15) is 0 Å². The van der Waals surface area contributed by atoms with Gasteiger partial charge in [-0.05, 0) is 48.9 Å². The molecule has 4 rings (SSSR count). The number of halogens is 2. The van der Waals surface area contributed by atoms with Crippen LogP contribution in [0.1, 0.15) is 11.1 Å². The van der Waals surface area contributed by atoms with E-state index in [0.717, 1.165) is 22.4 Å². The fourth-order valence-corrected chi connectivity index (χ4v) is 3.96. The Balaban J connectivity index is 1.49. The van der Waals surface area contributed by atoms with E-state index in [1.807, 2.05) is 47.9 Å². The Morgan fingerprint density at radius 3 is 2.55 bits per heavy atom. The molecule has 10 heteroatoms. The molecule has 1 N–H and O–H groups in total. The lowest BCUT2D eigenvalue weighted by molar-refractivity contribution is -0.118. The molecule has 166 valence electrons. The summed E-state index contributed by atoms with van der Waals surface area (Å²) in [6.07, 6.45) is 4.91. The molecule has 0 saturated heterocycles. The minimum absolute atomic E-state index is 0.110. The number of benzene rings is 2. The van der Waals surface area contributed by atoms with Crippen molar-refractivity contribution in [3.63, 3.8) is 0 Å². The maximum atomic E-state index is 12.3. The van der Waals surface area contributed by atoms with Gasteiger partial charge in [0.25, 0.3) is 5.91 Å². The molecule has 7 nitrogen and oxygen atoms in total. The first-order chi connectivity index (χ1) is 16.0. The Labute approximate surface area is 204 Å². The van der Waals surface area contributed by atoms with Crippen LogP contribution < -0.4 is 5.43 Å². The van der Waals surface area contributed by atoms with Crippen LogP contribution in [0.25, 0.3) is 17.1 Å². The van der Waals surface area contributed by atoms with Crippen LogP contribution in [0.5, 0.6) is 0 Å². The van der Waals surface area contributed by atoms with E-state index < -0.39 is 0 Å². The number of carbonyl (C=O) groups is 1. The van der Waals surface area contributed by atoms with Crippen molar-refractivity contribution in [1.82, 2.24) is 25.2 Å². The highest BCUT2D eigenvalue weighted by atomic mass is 35.5. The minimum atomic E-state index is -0.278. The third kappa shape index (κ3) is 5.78. The van der Waals surface area contributed by atoms with E-state index in [0.29, 0.717) is 21.0 Å². The number of nitrogens with one attached hydrogen (secondary N) is 1. The van der Waals surface area contributed by atoms with E-state index in [4.69, 9.17) is 23.2 Å². The zero-order valence-corrected chi connectivity index (χ0v) is 19.8. The number of aryl methyl sites for hydroxylation is 1. The number of hydrazone groups is 1. The molecule has 2 heterocycles. The van der Waals surface area contributed by atoms with Gasteiger partial charge in [0, 0.05) is 23.6 Å². The average molecular weight is 497 g/mol. The number of amides is 1. The van der Waals surface area contributed by atoms with Crippen molar-refractivity contribution < 1.29 is 4.79 Å². The number of hydrogen-bond donors (Lipinski definition) is 1. The first-order valence-corrected chi connectivity index (χ1v) is 11.6. The van der Waals surface area contributed by atoms with Gasteiger partial charge in [-0.1, -0.05) is 58.7 Å². The summed E-state index contributed by atoms with van der Waals surface area (Å²) in [7, 11) is 0. The molecule has 2 aromatic heterocycles. The summed E-state index contributed by atoms with van der Waals surface area (Å²) in [4.78, 5) is 16.4. The van der Waals surface area contributed by atoms with Crippen LogP contribution in [0.15, 0.2) is 77.2 Å². The third-order valence-corrected chi connectivity index (χ3v) is 6.21. The van der Waals surface area contributed by atoms with Crippen LogP contribution in [0, 0.1) is 6.92 Å². The van der Waals surface area contributed by atoms with Crippen molar-refractivity contribution in [2.75, 3.05) is 5.75 Å². The summed E-state index contributed by atoms with van der Waals surface area (Å²) in [6, 6.07) is 16.9. The number of carbonyl (C=O) groups excluding carboxylic acids is 1. The summed E-state index contributed by atoms with van der Waals surface area (Å²) < 4.78 is 1.92. The number of aromatic nitrogens is 4. The monoisotopic (exact) mass is 496 g/mol. The summed E-state index contributed by atoms with van der Waals surface area (Å²) in [5.74, 6) is 0.501. The second kappa shape index (κ2) is 10.6. The number of nitrogens with zero attached hydrogens (tertiary/aromatic N) is 5. The molecule has 2 aromatic carbocycles. The van der Waals surface area contributed by atoms with Gasteiger partial charge >= 0.3 is 0 Å². The Kier molecular flexibility index (Phi) is 7.39. The molecule has 33 heavy (non-hydrogen) atoms. The number of rotatable bonds is 7. The Morgan fingerprint density at radius 2 is 1.82 bits per heavy atom. The molecular formula is C23H18Cl2N6OS. The van der Waals surface area contributed by atoms with Crippen LogP contribution in [0.2, 0.25) is 10.0 Å². The topological polar surface area (TPSA) is 85.1 Å². The van der Waals surface area contributed by atoms with Crippen molar-refractivity contribution in [3.8, 4) is 17.1 Å². The Morgan fingerprint density at radius 1 is 1.06 bits per heavy atom. The van der Waals surface area contributed by atoms with E-state index in [9.17, 15) is 4.79 Å². The van der Waals surface area contributed by atoms with Crippen molar-refractivity contribution in [1.29, 1.82) is 0 Å². The third-order valence-electron chi connectivity index (χ3n) is 4.54. The van der Waals surface area contributed by atoms with Crippen LogP contribution >= 0.6 is 35.0 Å². The molecule has 0 radical (unpaired) electrons. The molecule has 0 aliphatic heterocycles. The average Bonchev–Trinajstić information content (AvgIpc) is 3.25. The highest BCUT2D eigenvalue weighted by molar-refractivity contribution is 7.99. The van der Waals surface area contributed by atoms with Crippen LogP contribution in [0.3, 0.4) is 0 Å². The van der Waals surface area contributed by atoms with Gasteiger partial charge in [-0.2, -0.15) is 5.10 Å². The SMILES string of the molecule is Cc1ccc(-n2c(SCC(=O)N/N=C\c3ccc(Cl)c(Cl)c3)nnc2-c2ccncc2)cc1. The summed E-state index contributed by atoms with van der Waals surface area (Å²) >= 11 is 13.2. The second-order valence-corrected chi connectivity index (χ2v) is 8.73. The molecule has 0 aliphatic carbocycles. The van der Waals surface area contributed by atoms with Gasteiger partial charge in [-0.15, -0.1) is 10.2 Å². The van der Waals surface area contributed by atoms with Crippen LogP contribution in [-0.4, -0.2) is 37.6 Å². The molecule has 1 amide bonds. The van der Waals surface area contributed by atoms with E-state index in [1.54, 1.807) is 30.6 Å².